The van der Waals surface area contributed by atoms with E-state index < -0.39 is 0 Å². The number of hydrogen-bond acceptors (Lipinski definition) is 3. The molecule has 1 saturated carbocycles. The van der Waals surface area contributed by atoms with Crippen molar-refractivity contribution in [3.05, 3.63) is 34.1 Å². The number of aryl methyl sites for hydroxylation is 2. The highest BCUT2D eigenvalue weighted by Crippen LogP contribution is 2.39. The highest BCUT2D eigenvalue weighted by atomic mass is 32.1. The van der Waals surface area contributed by atoms with Crippen LogP contribution in [0.15, 0.2) is 17.7 Å². The average Bonchev–Trinajstić information content (AvgIpc) is 2.99. The summed E-state index contributed by atoms with van der Waals surface area (Å²) in [7, 11) is 0. The van der Waals surface area contributed by atoms with Gasteiger partial charge in [-0.05, 0) is 75.7 Å². The fourth-order valence-corrected chi connectivity index (χ4v) is 6.09. The van der Waals surface area contributed by atoms with Gasteiger partial charge in [0.05, 0.1) is 5.69 Å². The molecular weight excluding hydrogens is 348 g/mol. The maximum atomic E-state index is 4.86. The maximum absolute atomic E-state index is 4.86. The van der Waals surface area contributed by atoms with E-state index in [1.54, 1.807) is 10.5 Å². The van der Waals surface area contributed by atoms with Gasteiger partial charge in [-0.3, -0.25) is 0 Å². The molecule has 2 aromatic heterocycles. The lowest BCUT2D eigenvalue weighted by atomic mass is 9.86. The van der Waals surface area contributed by atoms with Crippen molar-refractivity contribution in [2.24, 2.45) is 5.41 Å². The summed E-state index contributed by atoms with van der Waals surface area (Å²) in [5.74, 6) is 1.70. The van der Waals surface area contributed by atoms with Gasteiger partial charge in [0.25, 0.3) is 0 Å². The summed E-state index contributed by atoms with van der Waals surface area (Å²) >= 11 is 1.93. The summed E-state index contributed by atoms with van der Waals surface area (Å²) in [5.41, 5.74) is 3.40. The van der Waals surface area contributed by atoms with Crippen LogP contribution >= 0.6 is 11.3 Å². The van der Waals surface area contributed by atoms with Crippen LogP contribution in [0.4, 0.5) is 0 Å². The molecule has 0 spiro atoms. The number of rotatable bonds is 4. The van der Waals surface area contributed by atoms with Crippen LogP contribution in [-0.4, -0.2) is 9.97 Å². The SMILES string of the molecule is Cc1nc(CCC2=CCC(C)(C)CCC2)c2cc(C3CCCCC3)sc2n1. The summed E-state index contributed by atoms with van der Waals surface area (Å²) in [6.07, 6.45) is 16.8. The normalized spacial score (nSPS) is 21.2. The molecule has 2 aromatic rings. The predicted molar refractivity (Wildman–Crippen MR) is 117 cm³/mol. The molecule has 0 aromatic carbocycles. The van der Waals surface area contributed by atoms with Crippen molar-refractivity contribution in [1.29, 1.82) is 0 Å². The van der Waals surface area contributed by atoms with Crippen molar-refractivity contribution in [2.75, 3.05) is 0 Å². The Kier molecular flexibility index (Phi) is 5.68. The molecule has 0 amide bonds. The lowest BCUT2D eigenvalue weighted by Crippen LogP contribution is -2.07. The lowest BCUT2D eigenvalue weighted by molar-refractivity contribution is 0.337. The number of thiophene rings is 1. The predicted octanol–water partition coefficient (Wildman–Crippen LogP) is 7.51. The third kappa shape index (κ3) is 4.62. The summed E-state index contributed by atoms with van der Waals surface area (Å²) in [6.45, 7) is 6.86. The Bertz CT molecular complexity index is 824. The smallest absolute Gasteiger partial charge is 0.127 e. The van der Waals surface area contributed by atoms with Crippen LogP contribution in [0.25, 0.3) is 10.2 Å². The van der Waals surface area contributed by atoms with Gasteiger partial charge in [0, 0.05) is 10.3 Å². The molecule has 0 radical (unpaired) electrons. The molecule has 2 aliphatic rings. The second-order valence-electron chi connectivity index (χ2n) is 9.50. The van der Waals surface area contributed by atoms with E-state index in [1.807, 2.05) is 11.3 Å². The van der Waals surface area contributed by atoms with Crippen LogP contribution in [0.5, 0.6) is 0 Å². The van der Waals surface area contributed by atoms with Gasteiger partial charge in [-0.2, -0.15) is 0 Å². The molecule has 4 rings (SSSR count). The highest BCUT2D eigenvalue weighted by Gasteiger charge is 2.21. The standard InChI is InChI=1S/C24H34N2S/c1-17-25-21(12-11-18-8-7-14-24(2,3)15-13-18)20-16-22(27-23(20)26-17)19-9-5-4-6-10-19/h13,16,19H,4-12,14-15H2,1-3H3. The highest BCUT2D eigenvalue weighted by molar-refractivity contribution is 7.18. The second kappa shape index (κ2) is 8.03. The van der Waals surface area contributed by atoms with E-state index in [2.05, 4.69) is 32.9 Å². The third-order valence-corrected chi connectivity index (χ3v) is 7.78. The van der Waals surface area contributed by atoms with Crippen molar-refractivity contribution in [2.45, 2.75) is 97.3 Å². The van der Waals surface area contributed by atoms with Gasteiger partial charge >= 0.3 is 0 Å². The number of fused-ring (bicyclic) bond motifs is 1. The van der Waals surface area contributed by atoms with E-state index in [0.717, 1.165) is 24.6 Å². The first-order valence-corrected chi connectivity index (χ1v) is 11.8. The Morgan fingerprint density at radius 1 is 1.07 bits per heavy atom. The van der Waals surface area contributed by atoms with Crippen molar-refractivity contribution in [3.63, 3.8) is 0 Å². The number of aromatic nitrogens is 2. The zero-order valence-corrected chi connectivity index (χ0v) is 18.1. The fourth-order valence-electron chi connectivity index (χ4n) is 4.82. The van der Waals surface area contributed by atoms with Crippen LogP contribution in [0.1, 0.15) is 100 Å². The third-order valence-electron chi connectivity index (χ3n) is 6.59. The molecule has 27 heavy (non-hydrogen) atoms. The monoisotopic (exact) mass is 382 g/mol. The van der Waals surface area contributed by atoms with Crippen LogP contribution in [0, 0.1) is 12.3 Å². The maximum Gasteiger partial charge on any atom is 0.127 e. The molecule has 0 N–H and O–H groups in total. The molecule has 2 aliphatic carbocycles. The van der Waals surface area contributed by atoms with E-state index in [0.29, 0.717) is 5.41 Å². The Morgan fingerprint density at radius 3 is 2.70 bits per heavy atom. The van der Waals surface area contributed by atoms with Gasteiger partial charge in [0.2, 0.25) is 0 Å². The molecule has 0 saturated heterocycles. The molecule has 0 unspecified atom stereocenters. The molecule has 2 heterocycles. The average molecular weight is 383 g/mol. The molecule has 146 valence electrons. The Balaban J connectivity index is 1.54. The van der Waals surface area contributed by atoms with E-state index in [-0.39, 0.29) is 0 Å². The summed E-state index contributed by atoms with van der Waals surface area (Å²) in [4.78, 5) is 12.4. The minimum Gasteiger partial charge on any atom is -0.238 e. The van der Waals surface area contributed by atoms with E-state index in [1.165, 1.54) is 73.7 Å². The minimum absolute atomic E-state index is 0.475. The second-order valence-corrected chi connectivity index (χ2v) is 10.6. The Labute approximate surface area is 168 Å². The van der Waals surface area contributed by atoms with Crippen molar-refractivity contribution in [3.8, 4) is 0 Å². The molecule has 2 nitrogen and oxygen atoms in total. The molecule has 3 heteroatoms. The number of nitrogens with zero attached hydrogens (tertiary/aromatic N) is 2. The van der Waals surface area contributed by atoms with Gasteiger partial charge in [-0.1, -0.05) is 44.8 Å². The van der Waals surface area contributed by atoms with Crippen LogP contribution in [0.3, 0.4) is 0 Å². The topological polar surface area (TPSA) is 25.8 Å². The van der Waals surface area contributed by atoms with Gasteiger partial charge in [0.15, 0.2) is 0 Å². The first-order chi connectivity index (χ1) is 13.0. The summed E-state index contributed by atoms with van der Waals surface area (Å²) in [5, 5.41) is 1.33. The Morgan fingerprint density at radius 2 is 1.89 bits per heavy atom. The van der Waals surface area contributed by atoms with Crippen molar-refractivity contribution in [1.82, 2.24) is 9.97 Å². The Hall–Kier alpha value is -1.22. The van der Waals surface area contributed by atoms with Crippen molar-refractivity contribution >= 4 is 21.6 Å². The molecular formula is C24H34N2S. The number of allylic oxidation sites excluding steroid dienone is 2. The lowest BCUT2D eigenvalue weighted by Gasteiger charge is -2.20. The van der Waals surface area contributed by atoms with Crippen LogP contribution in [0.2, 0.25) is 0 Å². The zero-order valence-electron chi connectivity index (χ0n) is 17.3. The van der Waals surface area contributed by atoms with Crippen molar-refractivity contribution < 1.29 is 0 Å². The fraction of sp³-hybridized carbons (Fsp3) is 0.667. The van der Waals surface area contributed by atoms with Crippen LogP contribution < -0.4 is 0 Å². The summed E-state index contributed by atoms with van der Waals surface area (Å²) < 4.78 is 0. The largest absolute Gasteiger partial charge is 0.238 e. The van der Waals surface area contributed by atoms with Gasteiger partial charge in [-0.25, -0.2) is 9.97 Å². The first-order valence-electron chi connectivity index (χ1n) is 10.9. The van der Waals surface area contributed by atoms with Gasteiger partial charge < -0.3 is 0 Å². The van der Waals surface area contributed by atoms with Crippen LogP contribution in [-0.2, 0) is 6.42 Å². The van der Waals surface area contributed by atoms with E-state index >= 15 is 0 Å². The molecule has 0 atom stereocenters. The number of hydrogen-bond donors (Lipinski definition) is 0. The molecule has 1 fully saturated rings. The van der Waals surface area contributed by atoms with Gasteiger partial charge in [0.1, 0.15) is 10.7 Å². The quantitative estimate of drug-likeness (QED) is 0.511. The summed E-state index contributed by atoms with van der Waals surface area (Å²) in [6, 6.07) is 2.44. The first kappa shape index (κ1) is 19.1. The zero-order chi connectivity index (χ0) is 18.9. The van der Waals surface area contributed by atoms with Gasteiger partial charge in [-0.15, -0.1) is 11.3 Å². The van der Waals surface area contributed by atoms with E-state index in [4.69, 9.17) is 9.97 Å². The minimum atomic E-state index is 0.475. The molecule has 0 bridgehead atoms. The molecule has 0 aliphatic heterocycles. The van der Waals surface area contributed by atoms with E-state index in [9.17, 15) is 0 Å².